The lowest BCUT2D eigenvalue weighted by Crippen LogP contribution is -2.39. The number of imidazole rings is 1. The van der Waals surface area contributed by atoms with Crippen molar-refractivity contribution >= 4 is 17.1 Å². The number of nitrogens with zero attached hydrogens (tertiary/aromatic N) is 4. The van der Waals surface area contributed by atoms with E-state index in [0.29, 0.717) is 24.1 Å². The van der Waals surface area contributed by atoms with Crippen LogP contribution in [0.2, 0.25) is 0 Å². The summed E-state index contributed by atoms with van der Waals surface area (Å²) in [4.78, 5) is 40.4. The Labute approximate surface area is 156 Å². The summed E-state index contributed by atoms with van der Waals surface area (Å²) < 4.78 is 14.4. The number of aryl methyl sites for hydroxylation is 2. The first-order valence-corrected chi connectivity index (χ1v) is 8.76. The number of hydrogen-bond donors (Lipinski definition) is 0. The van der Waals surface area contributed by atoms with Crippen LogP contribution in [0.5, 0.6) is 0 Å². The lowest BCUT2D eigenvalue weighted by Gasteiger charge is -2.14. The zero-order valence-corrected chi connectivity index (χ0v) is 16.2. The summed E-state index contributed by atoms with van der Waals surface area (Å²) in [7, 11) is 4.64. The standard InChI is InChI=1S/C18H26N4O5/c1-12(17(24)26-5)10-27-13(2)8-6-7-9-22-16(23)14-15(19-11-20(14)3)21(4)18(22)25/h11,13H,1,6-10H2,2-5H3. The first-order chi connectivity index (χ1) is 12.8. The lowest BCUT2D eigenvalue weighted by molar-refractivity contribution is -0.136. The van der Waals surface area contributed by atoms with E-state index in [4.69, 9.17) is 4.74 Å². The maximum Gasteiger partial charge on any atom is 0.335 e. The fourth-order valence-corrected chi connectivity index (χ4v) is 2.82. The Kier molecular flexibility index (Phi) is 6.73. The van der Waals surface area contributed by atoms with Gasteiger partial charge in [0.05, 0.1) is 31.7 Å². The molecule has 0 spiro atoms. The van der Waals surface area contributed by atoms with Gasteiger partial charge in [-0.1, -0.05) is 6.58 Å². The first-order valence-electron chi connectivity index (χ1n) is 8.76. The maximum absolute atomic E-state index is 12.6. The zero-order chi connectivity index (χ0) is 20.1. The predicted molar refractivity (Wildman–Crippen MR) is 101 cm³/mol. The van der Waals surface area contributed by atoms with Crippen molar-refractivity contribution < 1.29 is 14.3 Å². The molecule has 1 unspecified atom stereocenters. The maximum atomic E-state index is 12.6. The summed E-state index contributed by atoms with van der Waals surface area (Å²) in [5, 5.41) is 0. The van der Waals surface area contributed by atoms with Crippen molar-refractivity contribution in [3.8, 4) is 0 Å². The minimum atomic E-state index is -0.483. The average Bonchev–Trinajstić information content (AvgIpc) is 3.04. The van der Waals surface area contributed by atoms with E-state index in [-0.39, 0.29) is 29.5 Å². The fraction of sp³-hybridized carbons (Fsp3) is 0.556. The molecule has 0 saturated carbocycles. The number of fused-ring (bicyclic) bond motifs is 1. The summed E-state index contributed by atoms with van der Waals surface area (Å²) in [6.45, 7) is 5.95. The molecule has 0 aliphatic carbocycles. The van der Waals surface area contributed by atoms with E-state index < -0.39 is 5.97 Å². The van der Waals surface area contributed by atoms with Gasteiger partial charge in [-0.25, -0.2) is 14.6 Å². The van der Waals surface area contributed by atoms with E-state index in [2.05, 4.69) is 16.3 Å². The van der Waals surface area contributed by atoms with E-state index in [1.54, 1.807) is 18.7 Å². The quantitative estimate of drug-likeness (QED) is 0.363. The molecule has 9 heteroatoms. The van der Waals surface area contributed by atoms with Crippen LogP contribution in [0.4, 0.5) is 0 Å². The van der Waals surface area contributed by atoms with E-state index in [1.807, 2.05) is 6.92 Å². The Morgan fingerprint density at radius 2 is 2.00 bits per heavy atom. The number of aromatic nitrogens is 4. The fourth-order valence-electron chi connectivity index (χ4n) is 2.82. The second-order valence-corrected chi connectivity index (χ2v) is 6.54. The third-order valence-electron chi connectivity index (χ3n) is 4.46. The Bertz CT molecular complexity index is 953. The summed E-state index contributed by atoms with van der Waals surface area (Å²) in [6.07, 6.45) is 3.61. The Balaban J connectivity index is 1.92. The predicted octanol–water partition coefficient (Wildman–Crippen LogP) is 0.738. The Hall–Kier alpha value is -2.68. The normalized spacial score (nSPS) is 12.3. The Morgan fingerprint density at radius 3 is 2.67 bits per heavy atom. The number of hydrogen-bond acceptors (Lipinski definition) is 6. The van der Waals surface area contributed by atoms with Gasteiger partial charge < -0.3 is 14.0 Å². The van der Waals surface area contributed by atoms with Crippen LogP contribution in [-0.2, 0) is 34.9 Å². The molecule has 2 aromatic heterocycles. The molecular formula is C18H26N4O5. The molecule has 1 atom stereocenters. The molecule has 0 saturated heterocycles. The highest BCUT2D eigenvalue weighted by atomic mass is 16.5. The molecule has 0 aliphatic heterocycles. The summed E-state index contributed by atoms with van der Waals surface area (Å²) in [5.41, 5.74) is 0.368. The molecule has 0 bridgehead atoms. The second kappa shape index (κ2) is 8.81. The van der Waals surface area contributed by atoms with Gasteiger partial charge in [0.25, 0.3) is 5.56 Å². The molecule has 27 heavy (non-hydrogen) atoms. The van der Waals surface area contributed by atoms with Gasteiger partial charge in [0.1, 0.15) is 0 Å². The highest BCUT2D eigenvalue weighted by Crippen LogP contribution is 2.08. The molecule has 0 aromatic carbocycles. The number of esters is 1. The van der Waals surface area contributed by atoms with Crippen LogP contribution in [-0.4, -0.2) is 44.5 Å². The molecular weight excluding hydrogens is 352 g/mol. The SMILES string of the molecule is C=C(COC(C)CCCCn1c(=O)c2c(ncn2C)n(C)c1=O)C(=O)OC. The zero-order valence-electron chi connectivity index (χ0n) is 16.2. The van der Waals surface area contributed by atoms with Gasteiger partial charge in [-0.3, -0.25) is 13.9 Å². The largest absolute Gasteiger partial charge is 0.466 e. The molecule has 0 amide bonds. The van der Waals surface area contributed by atoms with Crippen molar-refractivity contribution in [2.45, 2.75) is 38.8 Å². The van der Waals surface area contributed by atoms with E-state index in [0.717, 1.165) is 12.8 Å². The van der Waals surface area contributed by atoms with Gasteiger partial charge in [0.15, 0.2) is 11.2 Å². The first kappa shape index (κ1) is 20.6. The van der Waals surface area contributed by atoms with Crippen molar-refractivity contribution in [3.63, 3.8) is 0 Å². The topological polar surface area (TPSA) is 97.4 Å². The highest BCUT2D eigenvalue weighted by molar-refractivity contribution is 5.87. The molecule has 2 heterocycles. The van der Waals surface area contributed by atoms with Crippen molar-refractivity contribution in [1.82, 2.24) is 18.7 Å². The van der Waals surface area contributed by atoms with Crippen molar-refractivity contribution in [2.75, 3.05) is 13.7 Å². The van der Waals surface area contributed by atoms with E-state index in [9.17, 15) is 14.4 Å². The van der Waals surface area contributed by atoms with Crippen molar-refractivity contribution in [2.24, 2.45) is 14.1 Å². The van der Waals surface area contributed by atoms with Crippen molar-refractivity contribution in [1.29, 1.82) is 0 Å². The van der Waals surface area contributed by atoms with Crippen LogP contribution in [0.1, 0.15) is 26.2 Å². The van der Waals surface area contributed by atoms with Gasteiger partial charge in [-0.05, 0) is 26.2 Å². The summed E-state index contributed by atoms with van der Waals surface area (Å²) in [6, 6.07) is 0. The van der Waals surface area contributed by atoms with Crippen LogP contribution < -0.4 is 11.2 Å². The molecule has 9 nitrogen and oxygen atoms in total. The van der Waals surface area contributed by atoms with E-state index >= 15 is 0 Å². The van der Waals surface area contributed by atoms with Gasteiger partial charge >= 0.3 is 11.7 Å². The molecule has 2 aromatic rings. The second-order valence-electron chi connectivity index (χ2n) is 6.54. The van der Waals surface area contributed by atoms with Crippen LogP contribution in [0.15, 0.2) is 28.1 Å². The Morgan fingerprint density at radius 1 is 1.30 bits per heavy atom. The number of ether oxygens (including phenoxy) is 2. The van der Waals surface area contributed by atoms with E-state index in [1.165, 1.54) is 22.6 Å². The molecule has 2 rings (SSSR count). The van der Waals surface area contributed by atoms with Gasteiger partial charge in [0, 0.05) is 20.6 Å². The van der Waals surface area contributed by atoms with Crippen LogP contribution >= 0.6 is 0 Å². The molecule has 0 aliphatic rings. The van der Waals surface area contributed by atoms with Crippen LogP contribution in [0.25, 0.3) is 11.2 Å². The number of unbranched alkanes of at least 4 members (excludes halogenated alkanes) is 1. The molecule has 148 valence electrons. The number of rotatable bonds is 9. The number of carbonyl (C=O) groups is 1. The monoisotopic (exact) mass is 378 g/mol. The van der Waals surface area contributed by atoms with Crippen molar-refractivity contribution in [3.05, 3.63) is 39.3 Å². The lowest BCUT2D eigenvalue weighted by atomic mass is 10.1. The minimum absolute atomic E-state index is 0.0782. The molecule has 0 fully saturated rings. The third-order valence-corrected chi connectivity index (χ3v) is 4.46. The minimum Gasteiger partial charge on any atom is -0.466 e. The van der Waals surface area contributed by atoms with Gasteiger partial charge in [-0.15, -0.1) is 0 Å². The number of methoxy groups -OCH3 is 1. The van der Waals surface area contributed by atoms with Gasteiger partial charge in [-0.2, -0.15) is 0 Å². The highest BCUT2D eigenvalue weighted by Gasteiger charge is 2.15. The average molecular weight is 378 g/mol. The summed E-state index contributed by atoms with van der Waals surface area (Å²) >= 11 is 0. The molecule has 0 N–H and O–H groups in total. The third kappa shape index (κ3) is 4.54. The van der Waals surface area contributed by atoms with Gasteiger partial charge in [0.2, 0.25) is 0 Å². The van der Waals surface area contributed by atoms with Crippen LogP contribution in [0.3, 0.4) is 0 Å². The van der Waals surface area contributed by atoms with Crippen LogP contribution in [0, 0.1) is 0 Å². The number of carbonyl (C=O) groups excluding carboxylic acids is 1. The summed E-state index contributed by atoms with van der Waals surface area (Å²) in [5.74, 6) is -0.483. The smallest absolute Gasteiger partial charge is 0.335 e. The molecule has 0 radical (unpaired) electrons.